The van der Waals surface area contributed by atoms with Crippen molar-refractivity contribution in [2.75, 3.05) is 18.9 Å². The Morgan fingerprint density at radius 1 is 1.53 bits per heavy atom. The van der Waals surface area contributed by atoms with Crippen LogP contribution in [0.3, 0.4) is 0 Å². The lowest BCUT2D eigenvalue weighted by atomic mass is 10.0. The Hall–Kier alpha value is -0.630. The summed E-state index contributed by atoms with van der Waals surface area (Å²) in [5, 5.41) is 0. The average molecular weight is 349 g/mol. The van der Waals surface area contributed by atoms with Crippen molar-refractivity contribution in [3.8, 4) is 0 Å². The van der Waals surface area contributed by atoms with Crippen LogP contribution in [0.25, 0.3) is 0 Å². The van der Waals surface area contributed by atoms with Gasteiger partial charge in [0.15, 0.2) is 0 Å². The quantitative estimate of drug-likeness (QED) is 0.812. The van der Waals surface area contributed by atoms with E-state index in [2.05, 4.69) is 20.7 Å². The van der Waals surface area contributed by atoms with Gasteiger partial charge in [0.1, 0.15) is 0 Å². The minimum Gasteiger partial charge on any atom is -0.398 e. The molecule has 0 bridgehead atoms. The second-order valence-corrected chi connectivity index (χ2v) is 7.28. The number of hydrogen-bond donors (Lipinski definition) is 2. The highest BCUT2D eigenvalue weighted by atomic mass is 79.9. The first-order valence-electron chi connectivity index (χ1n) is 6.06. The topological polar surface area (TPSA) is 81.4 Å². The van der Waals surface area contributed by atoms with Crippen molar-refractivity contribution in [3.05, 3.63) is 22.7 Å². The second kappa shape index (κ2) is 5.78. The molecule has 19 heavy (non-hydrogen) atoms. The molecule has 0 radical (unpaired) electrons. The maximum Gasteiger partial charge on any atom is 0.240 e. The van der Waals surface area contributed by atoms with Gasteiger partial charge in [0.05, 0.1) is 11.0 Å². The Kier molecular flexibility index (Phi) is 4.50. The molecule has 1 aliphatic heterocycles. The van der Waals surface area contributed by atoms with Gasteiger partial charge in [-0.3, -0.25) is 0 Å². The Morgan fingerprint density at radius 3 is 2.84 bits per heavy atom. The fourth-order valence-corrected chi connectivity index (χ4v) is 3.41. The molecule has 5 nitrogen and oxygen atoms in total. The van der Waals surface area contributed by atoms with Gasteiger partial charge in [-0.1, -0.05) is 0 Å². The zero-order valence-electron chi connectivity index (χ0n) is 10.6. The van der Waals surface area contributed by atoms with Crippen molar-refractivity contribution in [1.29, 1.82) is 0 Å². The number of sulfonamides is 1. The molecule has 1 aliphatic rings. The molecule has 1 aromatic rings. The predicted octanol–water partition coefficient (Wildman–Crippen LogP) is 1.73. The summed E-state index contributed by atoms with van der Waals surface area (Å²) in [6.45, 7) is 3.04. The lowest BCUT2D eigenvalue weighted by Crippen LogP contribution is -2.32. The summed E-state index contributed by atoms with van der Waals surface area (Å²) in [5.41, 5.74) is 6.10. The number of nitrogens with two attached hydrogens (primary N) is 1. The lowest BCUT2D eigenvalue weighted by Gasteiger charge is -2.15. The summed E-state index contributed by atoms with van der Waals surface area (Å²) in [6, 6.07) is 4.60. The number of hydrogen-bond acceptors (Lipinski definition) is 4. The molecule has 0 amide bonds. The van der Waals surface area contributed by atoms with Crippen molar-refractivity contribution in [1.82, 2.24) is 4.72 Å². The van der Waals surface area contributed by atoms with E-state index in [4.69, 9.17) is 10.5 Å². The van der Waals surface area contributed by atoms with Gasteiger partial charge in [-0.2, -0.15) is 0 Å². The standard InChI is InChI=1S/C12H17BrN2O3S/c1-8-9(4-5-18-8)7-15-19(16,17)10-2-3-11(13)12(14)6-10/h2-3,6,8-9,15H,4-5,7,14H2,1H3. The number of anilines is 1. The number of benzene rings is 1. The van der Waals surface area contributed by atoms with E-state index in [-0.39, 0.29) is 16.9 Å². The lowest BCUT2D eigenvalue weighted by molar-refractivity contribution is 0.107. The fraction of sp³-hybridized carbons (Fsp3) is 0.500. The third-order valence-corrected chi connectivity index (χ3v) is 5.49. The molecule has 0 saturated carbocycles. The van der Waals surface area contributed by atoms with Gasteiger partial charge in [0.2, 0.25) is 10.0 Å². The van der Waals surface area contributed by atoms with E-state index >= 15 is 0 Å². The average Bonchev–Trinajstić information content (AvgIpc) is 2.76. The summed E-state index contributed by atoms with van der Waals surface area (Å²) in [5.74, 6) is 0.225. The first kappa shape index (κ1) is 14.8. The summed E-state index contributed by atoms with van der Waals surface area (Å²) in [6.07, 6.45) is 0.976. The smallest absolute Gasteiger partial charge is 0.240 e. The molecule has 106 valence electrons. The Balaban J connectivity index is 2.07. The van der Waals surface area contributed by atoms with Gasteiger partial charge in [0, 0.05) is 29.2 Å². The minimum absolute atomic E-state index is 0.0951. The van der Waals surface area contributed by atoms with Crippen LogP contribution in [0.15, 0.2) is 27.6 Å². The number of nitrogens with one attached hydrogen (secondary N) is 1. The molecule has 1 saturated heterocycles. The van der Waals surface area contributed by atoms with Crippen molar-refractivity contribution in [2.45, 2.75) is 24.3 Å². The molecule has 0 spiro atoms. The van der Waals surface area contributed by atoms with E-state index in [0.717, 1.165) is 6.42 Å². The largest absolute Gasteiger partial charge is 0.398 e. The highest BCUT2D eigenvalue weighted by molar-refractivity contribution is 9.10. The maximum absolute atomic E-state index is 12.1. The van der Waals surface area contributed by atoms with E-state index in [1.807, 2.05) is 6.92 Å². The van der Waals surface area contributed by atoms with Crippen LogP contribution in [0.5, 0.6) is 0 Å². The van der Waals surface area contributed by atoms with E-state index < -0.39 is 10.0 Å². The SMILES string of the molecule is CC1OCCC1CNS(=O)(=O)c1ccc(Br)c(N)c1. The number of ether oxygens (including phenoxy) is 1. The first-order chi connectivity index (χ1) is 8.90. The van der Waals surface area contributed by atoms with Gasteiger partial charge >= 0.3 is 0 Å². The monoisotopic (exact) mass is 348 g/mol. The van der Waals surface area contributed by atoms with Crippen molar-refractivity contribution < 1.29 is 13.2 Å². The summed E-state index contributed by atoms with van der Waals surface area (Å²) >= 11 is 3.24. The molecule has 2 atom stereocenters. The molecule has 1 fully saturated rings. The third-order valence-electron chi connectivity index (χ3n) is 3.35. The first-order valence-corrected chi connectivity index (χ1v) is 8.34. The van der Waals surface area contributed by atoms with Gasteiger partial charge in [-0.25, -0.2) is 13.1 Å². The number of nitrogen functional groups attached to an aromatic ring is 1. The molecule has 0 aliphatic carbocycles. The maximum atomic E-state index is 12.1. The van der Waals surface area contributed by atoms with Gasteiger partial charge in [0.25, 0.3) is 0 Å². The molecule has 3 N–H and O–H groups in total. The third kappa shape index (κ3) is 3.47. The van der Waals surface area contributed by atoms with Crippen molar-refractivity contribution in [3.63, 3.8) is 0 Å². The minimum atomic E-state index is -3.52. The molecule has 2 unspecified atom stereocenters. The second-order valence-electron chi connectivity index (χ2n) is 4.66. The summed E-state index contributed by atoms with van der Waals surface area (Å²) in [7, 11) is -3.52. The number of rotatable bonds is 4. The van der Waals surface area contributed by atoms with Crippen LogP contribution in [0, 0.1) is 5.92 Å². The highest BCUT2D eigenvalue weighted by Crippen LogP contribution is 2.24. The zero-order valence-corrected chi connectivity index (χ0v) is 13.0. The van der Waals surface area contributed by atoms with Gasteiger partial charge < -0.3 is 10.5 Å². The van der Waals surface area contributed by atoms with E-state index in [1.165, 1.54) is 12.1 Å². The molecule has 1 heterocycles. The van der Waals surface area contributed by atoms with Crippen LogP contribution in [-0.2, 0) is 14.8 Å². The van der Waals surface area contributed by atoms with Crippen LogP contribution < -0.4 is 10.5 Å². The van der Waals surface area contributed by atoms with Gasteiger partial charge in [-0.15, -0.1) is 0 Å². The Labute approximate surface area is 121 Å². The van der Waals surface area contributed by atoms with Crippen LogP contribution in [0.1, 0.15) is 13.3 Å². The van der Waals surface area contributed by atoms with E-state index in [9.17, 15) is 8.42 Å². The van der Waals surface area contributed by atoms with Gasteiger partial charge in [-0.05, 0) is 47.5 Å². The fourth-order valence-electron chi connectivity index (χ4n) is 2.03. The molecule has 1 aromatic carbocycles. The molecule has 2 rings (SSSR count). The Bertz CT molecular complexity index is 562. The predicted molar refractivity (Wildman–Crippen MR) is 77.3 cm³/mol. The number of halogens is 1. The van der Waals surface area contributed by atoms with Crippen LogP contribution >= 0.6 is 15.9 Å². The van der Waals surface area contributed by atoms with Crippen molar-refractivity contribution in [2.24, 2.45) is 5.92 Å². The highest BCUT2D eigenvalue weighted by Gasteiger charge is 2.26. The van der Waals surface area contributed by atoms with Crippen LogP contribution in [-0.4, -0.2) is 27.7 Å². The van der Waals surface area contributed by atoms with Crippen LogP contribution in [0.2, 0.25) is 0 Å². The molecule has 7 heteroatoms. The summed E-state index contributed by atoms with van der Waals surface area (Å²) < 4.78 is 33.0. The zero-order chi connectivity index (χ0) is 14.0. The molecule has 0 aromatic heterocycles. The molecular weight excluding hydrogens is 332 g/mol. The van der Waals surface area contributed by atoms with E-state index in [1.54, 1.807) is 6.07 Å². The van der Waals surface area contributed by atoms with Crippen molar-refractivity contribution >= 4 is 31.6 Å². The normalized spacial score (nSPS) is 23.7. The van der Waals surface area contributed by atoms with Crippen LogP contribution in [0.4, 0.5) is 5.69 Å². The van der Waals surface area contributed by atoms with E-state index in [0.29, 0.717) is 23.3 Å². The summed E-state index contributed by atoms with van der Waals surface area (Å²) in [4.78, 5) is 0.180. The Morgan fingerprint density at radius 2 is 2.26 bits per heavy atom. The molecular formula is C12H17BrN2O3S.